The van der Waals surface area contributed by atoms with Gasteiger partial charge in [0, 0.05) is 19.1 Å². The van der Waals surface area contributed by atoms with Crippen LogP contribution in [0, 0.1) is 0 Å². The van der Waals surface area contributed by atoms with Gasteiger partial charge in [0.15, 0.2) is 0 Å². The van der Waals surface area contributed by atoms with Gasteiger partial charge < -0.3 is 16.0 Å². The number of nitrogens with one attached hydrogen (secondary N) is 1. The van der Waals surface area contributed by atoms with Gasteiger partial charge in [-0.1, -0.05) is 12.8 Å². The van der Waals surface area contributed by atoms with Gasteiger partial charge in [-0.25, -0.2) is 4.79 Å². The lowest BCUT2D eigenvalue weighted by molar-refractivity contribution is 0.188. The lowest BCUT2D eigenvalue weighted by Crippen LogP contribution is -2.46. The van der Waals surface area contributed by atoms with Gasteiger partial charge in [-0.15, -0.1) is 0 Å². The largest absolute Gasteiger partial charge is 0.335 e. The van der Waals surface area contributed by atoms with E-state index < -0.39 is 0 Å². The fourth-order valence-corrected chi connectivity index (χ4v) is 1.98. The van der Waals surface area contributed by atoms with Crippen molar-refractivity contribution in [3.05, 3.63) is 0 Å². The van der Waals surface area contributed by atoms with Crippen LogP contribution in [0.25, 0.3) is 0 Å². The first-order valence-electron chi connectivity index (χ1n) is 5.88. The van der Waals surface area contributed by atoms with E-state index in [0.717, 1.165) is 19.3 Å². The number of carbonyl (C=O) groups excluding carboxylic acids is 1. The van der Waals surface area contributed by atoms with Crippen molar-refractivity contribution in [2.45, 2.75) is 51.1 Å². The normalized spacial score (nSPS) is 18.9. The van der Waals surface area contributed by atoms with Crippen LogP contribution in [0.3, 0.4) is 0 Å². The highest BCUT2D eigenvalue weighted by atomic mass is 16.2. The average Bonchev–Trinajstić information content (AvgIpc) is 2.69. The number of nitrogens with two attached hydrogens (primary N) is 1. The van der Waals surface area contributed by atoms with E-state index in [1.165, 1.54) is 12.8 Å². The Hall–Kier alpha value is -0.770. The molecule has 4 nitrogen and oxygen atoms in total. The van der Waals surface area contributed by atoms with Crippen molar-refractivity contribution < 1.29 is 4.79 Å². The predicted molar refractivity (Wildman–Crippen MR) is 61.7 cm³/mol. The minimum atomic E-state index is 0.0443. The summed E-state index contributed by atoms with van der Waals surface area (Å²) in [6, 6.07) is 0.657. The van der Waals surface area contributed by atoms with Crippen molar-refractivity contribution in [2.24, 2.45) is 5.73 Å². The molecular formula is C11H23N3O. The molecule has 0 aromatic rings. The fourth-order valence-electron chi connectivity index (χ4n) is 1.98. The summed E-state index contributed by atoms with van der Waals surface area (Å²) in [7, 11) is 1.84. The Kier molecular flexibility index (Phi) is 4.88. The molecule has 15 heavy (non-hydrogen) atoms. The molecule has 0 spiro atoms. The summed E-state index contributed by atoms with van der Waals surface area (Å²) >= 11 is 0. The van der Waals surface area contributed by atoms with Crippen molar-refractivity contribution in [1.29, 1.82) is 0 Å². The Morgan fingerprint density at radius 2 is 2.13 bits per heavy atom. The van der Waals surface area contributed by atoms with Crippen molar-refractivity contribution in [2.75, 3.05) is 13.6 Å². The Labute approximate surface area is 92.2 Å². The molecule has 0 aliphatic heterocycles. The summed E-state index contributed by atoms with van der Waals surface area (Å²) in [5.74, 6) is 0. The summed E-state index contributed by atoms with van der Waals surface area (Å²) in [6.45, 7) is 2.66. The fraction of sp³-hybridized carbons (Fsp3) is 0.909. The smallest absolute Gasteiger partial charge is 0.317 e. The van der Waals surface area contributed by atoms with Crippen molar-refractivity contribution >= 4 is 6.03 Å². The van der Waals surface area contributed by atoms with Crippen LogP contribution in [-0.2, 0) is 0 Å². The molecule has 3 N–H and O–H groups in total. The van der Waals surface area contributed by atoms with E-state index in [-0.39, 0.29) is 12.1 Å². The number of hydrogen-bond donors (Lipinski definition) is 2. The highest BCUT2D eigenvalue weighted by molar-refractivity contribution is 5.74. The number of hydrogen-bond acceptors (Lipinski definition) is 2. The molecule has 0 aromatic carbocycles. The summed E-state index contributed by atoms with van der Waals surface area (Å²) in [6.07, 6.45) is 5.60. The molecule has 1 fully saturated rings. The lowest BCUT2D eigenvalue weighted by Gasteiger charge is -2.26. The summed E-state index contributed by atoms with van der Waals surface area (Å²) in [5, 5.41) is 3.06. The third-order valence-electron chi connectivity index (χ3n) is 3.25. The highest BCUT2D eigenvalue weighted by Gasteiger charge is 2.21. The molecule has 0 aromatic heterocycles. The van der Waals surface area contributed by atoms with Gasteiger partial charge >= 0.3 is 6.03 Å². The van der Waals surface area contributed by atoms with E-state index in [9.17, 15) is 4.79 Å². The monoisotopic (exact) mass is 213 g/mol. The molecule has 1 unspecified atom stereocenters. The van der Waals surface area contributed by atoms with Crippen molar-refractivity contribution in [3.63, 3.8) is 0 Å². The summed E-state index contributed by atoms with van der Waals surface area (Å²) < 4.78 is 0. The second-order valence-electron chi connectivity index (χ2n) is 4.47. The Balaban J connectivity index is 2.31. The maximum atomic E-state index is 11.8. The first-order chi connectivity index (χ1) is 7.15. The second-order valence-corrected chi connectivity index (χ2v) is 4.47. The second kappa shape index (κ2) is 5.95. The average molecular weight is 213 g/mol. The topological polar surface area (TPSA) is 58.4 Å². The van der Waals surface area contributed by atoms with Crippen LogP contribution in [0.4, 0.5) is 4.79 Å². The lowest BCUT2D eigenvalue weighted by atomic mass is 10.2. The molecule has 4 heteroatoms. The minimum Gasteiger partial charge on any atom is -0.335 e. The molecule has 0 heterocycles. The van der Waals surface area contributed by atoms with Gasteiger partial charge in [0.05, 0.1) is 0 Å². The van der Waals surface area contributed by atoms with E-state index in [2.05, 4.69) is 5.32 Å². The predicted octanol–water partition coefficient (Wildman–Crippen LogP) is 1.31. The van der Waals surface area contributed by atoms with Gasteiger partial charge in [0.2, 0.25) is 0 Å². The first kappa shape index (κ1) is 12.3. The van der Waals surface area contributed by atoms with Gasteiger partial charge in [0.25, 0.3) is 0 Å². The standard InChI is InChI=1S/C11H23N3O/c1-9(7-8-12)14(2)11(15)13-10-5-3-4-6-10/h9-10H,3-8,12H2,1-2H3,(H,13,15). The maximum Gasteiger partial charge on any atom is 0.317 e. The molecule has 1 aliphatic carbocycles. The van der Waals surface area contributed by atoms with Crippen LogP contribution in [0.2, 0.25) is 0 Å². The van der Waals surface area contributed by atoms with Crippen LogP contribution in [0.1, 0.15) is 39.0 Å². The Morgan fingerprint density at radius 3 is 2.67 bits per heavy atom. The van der Waals surface area contributed by atoms with Crippen molar-refractivity contribution in [1.82, 2.24) is 10.2 Å². The van der Waals surface area contributed by atoms with Gasteiger partial charge in [0.1, 0.15) is 0 Å². The number of rotatable bonds is 4. The molecule has 1 aliphatic rings. The van der Waals surface area contributed by atoms with Crippen LogP contribution >= 0.6 is 0 Å². The van der Waals surface area contributed by atoms with Gasteiger partial charge in [-0.05, 0) is 32.7 Å². The number of amides is 2. The number of carbonyl (C=O) groups is 1. The van der Waals surface area contributed by atoms with E-state index in [0.29, 0.717) is 12.6 Å². The molecule has 88 valence electrons. The zero-order chi connectivity index (χ0) is 11.3. The van der Waals surface area contributed by atoms with E-state index in [1.807, 2.05) is 14.0 Å². The molecular weight excluding hydrogens is 190 g/mol. The Morgan fingerprint density at radius 1 is 1.53 bits per heavy atom. The molecule has 0 bridgehead atoms. The third-order valence-corrected chi connectivity index (χ3v) is 3.25. The van der Waals surface area contributed by atoms with Gasteiger partial charge in [-0.2, -0.15) is 0 Å². The third kappa shape index (κ3) is 3.70. The molecule has 0 radical (unpaired) electrons. The van der Waals surface area contributed by atoms with Crippen LogP contribution in [0.5, 0.6) is 0 Å². The van der Waals surface area contributed by atoms with E-state index in [4.69, 9.17) is 5.73 Å². The summed E-state index contributed by atoms with van der Waals surface area (Å²) in [5.41, 5.74) is 5.47. The zero-order valence-corrected chi connectivity index (χ0v) is 9.83. The molecule has 0 saturated heterocycles. The molecule has 1 atom stereocenters. The molecule has 1 saturated carbocycles. The molecule has 1 rings (SSSR count). The number of nitrogens with zero attached hydrogens (tertiary/aromatic N) is 1. The number of urea groups is 1. The SMILES string of the molecule is CC(CCN)N(C)C(=O)NC1CCCC1. The quantitative estimate of drug-likeness (QED) is 0.739. The van der Waals surface area contributed by atoms with Crippen LogP contribution in [0.15, 0.2) is 0 Å². The van der Waals surface area contributed by atoms with Crippen molar-refractivity contribution in [3.8, 4) is 0 Å². The molecule has 2 amide bonds. The van der Waals surface area contributed by atoms with Gasteiger partial charge in [-0.3, -0.25) is 0 Å². The highest BCUT2D eigenvalue weighted by Crippen LogP contribution is 2.17. The van der Waals surface area contributed by atoms with Crippen LogP contribution < -0.4 is 11.1 Å². The van der Waals surface area contributed by atoms with E-state index in [1.54, 1.807) is 4.90 Å². The Bertz CT molecular complexity index is 202. The zero-order valence-electron chi connectivity index (χ0n) is 9.83. The maximum absolute atomic E-state index is 11.8. The minimum absolute atomic E-state index is 0.0443. The van der Waals surface area contributed by atoms with E-state index >= 15 is 0 Å². The first-order valence-corrected chi connectivity index (χ1v) is 5.88. The summed E-state index contributed by atoms with van der Waals surface area (Å²) in [4.78, 5) is 13.5. The van der Waals surface area contributed by atoms with Crippen LogP contribution in [-0.4, -0.2) is 36.6 Å².